The summed E-state index contributed by atoms with van der Waals surface area (Å²) in [6, 6.07) is 23.7. The summed E-state index contributed by atoms with van der Waals surface area (Å²) < 4.78 is 9.88. The van der Waals surface area contributed by atoms with Crippen molar-refractivity contribution in [2.75, 3.05) is 6.61 Å². The standard InChI is InChI=1S/C28H22N4O2S/c1-3-34-24-14-13-19(15-18(24)2)26-20(17-31(30-26)21-9-5-4-6-10-21)16-25-27(33)32-23-12-8-7-11-22(23)29-28(32)35-25/h4-17H,3H2,1-2H3/b25-16+. The van der Waals surface area contributed by atoms with Crippen LogP contribution in [0.15, 0.2) is 83.8 Å². The van der Waals surface area contributed by atoms with E-state index in [1.807, 2.05) is 97.5 Å². The highest BCUT2D eigenvalue weighted by molar-refractivity contribution is 7.15. The van der Waals surface area contributed by atoms with Gasteiger partial charge >= 0.3 is 0 Å². The molecule has 3 aromatic heterocycles. The Hall–Kier alpha value is -4.23. The number of aryl methyl sites for hydroxylation is 1. The largest absolute Gasteiger partial charge is 0.494 e. The van der Waals surface area contributed by atoms with E-state index in [0.717, 1.165) is 44.9 Å². The predicted molar refractivity (Wildman–Crippen MR) is 141 cm³/mol. The molecule has 6 aromatic rings. The van der Waals surface area contributed by atoms with Gasteiger partial charge in [0.25, 0.3) is 5.56 Å². The van der Waals surface area contributed by atoms with Gasteiger partial charge in [-0.3, -0.25) is 4.79 Å². The van der Waals surface area contributed by atoms with Crippen LogP contribution in [-0.2, 0) is 0 Å². The first kappa shape index (κ1) is 21.3. The number of thiazole rings is 1. The van der Waals surface area contributed by atoms with Gasteiger partial charge in [-0.25, -0.2) is 14.1 Å². The van der Waals surface area contributed by atoms with Crippen LogP contribution < -0.4 is 14.8 Å². The van der Waals surface area contributed by atoms with Crippen molar-refractivity contribution in [3.8, 4) is 22.7 Å². The number of nitrogens with zero attached hydrogens (tertiary/aromatic N) is 4. The molecule has 0 aliphatic heterocycles. The minimum atomic E-state index is -0.0695. The van der Waals surface area contributed by atoms with E-state index in [1.165, 1.54) is 11.3 Å². The van der Waals surface area contributed by atoms with E-state index in [9.17, 15) is 4.79 Å². The lowest BCUT2D eigenvalue weighted by molar-refractivity contribution is 0.338. The summed E-state index contributed by atoms with van der Waals surface area (Å²) in [4.78, 5) is 18.7. The molecule has 35 heavy (non-hydrogen) atoms. The number of rotatable bonds is 5. The van der Waals surface area contributed by atoms with Crippen LogP contribution in [-0.4, -0.2) is 25.8 Å². The summed E-state index contributed by atoms with van der Waals surface area (Å²) in [6.07, 6.45) is 3.89. The SMILES string of the molecule is CCOc1ccc(-c2nn(-c3ccccc3)cc2/C=c2/sc3nc4ccccc4n3c2=O)cc1C. The maximum Gasteiger partial charge on any atom is 0.274 e. The molecule has 0 aliphatic rings. The third-order valence-corrected chi connectivity index (χ3v) is 6.91. The molecule has 0 bridgehead atoms. The first-order valence-corrected chi connectivity index (χ1v) is 12.2. The molecular formula is C28H22N4O2S. The number of hydrogen-bond acceptors (Lipinski definition) is 5. The Kier molecular flexibility index (Phi) is 5.19. The van der Waals surface area contributed by atoms with Gasteiger partial charge in [-0.2, -0.15) is 5.10 Å². The number of hydrogen-bond donors (Lipinski definition) is 0. The zero-order chi connectivity index (χ0) is 23.9. The average Bonchev–Trinajstić information content (AvgIpc) is 3.54. The molecule has 0 spiro atoms. The zero-order valence-electron chi connectivity index (χ0n) is 19.3. The second-order valence-electron chi connectivity index (χ2n) is 8.26. The van der Waals surface area contributed by atoms with Crippen molar-refractivity contribution in [2.45, 2.75) is 13.8 Å². The molecule has 172 valence electrons. The third-order valence-electron chi connectivity index (χ3n) is 5.94. The van der Waals surface area contributed by atoms with Crippen molar-refractivity contribution >= 4 is 33.4 Å². The molecule has 0 radical (unpaired) electrons. The van der Waals surface area contributed by atoms with Gasteiger partial charge < -0.3 is 4.74 Å². The molecule has 0 atom stereocenters. The average molecular weight is 479 g/mol. The van der Waals surface area contributed by atoms with Crippen LogP contribution in [0.5, 0.6) is 5.75 Å². The molecule has 0 amide bonds. The lowest BCUT2D eigenvalue weighted by atomic mass is 10.0. The molecule has 0 unspecified atom stereocenters. The number of imidazole rings is 1. The van der Waals surface area contributed by atoms with Crippen molar-refractivity contribution in [1.29, 1.82) is 0 Å². The van der Waals surface area contributed by atoms with E-state index >= 15 is 0 Å². The van der Waals surface area contributed by atoms with E-state index in [-0.39, 0.29) is 5.56 Å². The third kappa shape index (κ3) is 3.70. The van der Waals surface area contributed by atoms with E-state index < -0.39 is 0 Å². The summed E-state index contributed by atoms with van der Waals surface area (Å²) in [5.74, 6) is 0.859. The Morgan fingerprint density at radius 3 is 2.63 bits per heavy atom. The number of para-hydroxylation sites is 3. The molecule has 6 rings (SSSR count). The summed E-state index contributed by atoms with van der Waals surface area (Å²) >= 11 is 1.39. The van der Waals surface area contributed by atoms with Crippen molar-refractivity contribution in [3.05, 3.63) is 105 Å². The van der Waals surface area contributed by atoms with Gasteiger partial charge in [0, 0.05) is 17.3 Å². The van der Waals surface area contributed by atoms with Crippen molar-refractivity contribution in [2.24, 2.45) is 0 Å². The highest BCUT2D eigenvalue weighted by atomic mass is 32.1. The van der Waals surface area contributed by atoms with Gasteiger partial charge in [0.15, 0.2) is 4.96 Å². The van der Waals surface area contributed by atoms with Crippen molar-refractivity contribution in [1.82, 2.24) is 19.2 Å². The maximum absolute atomic E-state index is 13.4. The summed E-state index contributed by atoms with van der Waals surface area (Å²) in [6.45, 7) is 4.62. The van der Waals surface area contributed by atoms with Crippen LogP contribution in [0.2, 0.25) is 0 Å². The predicted octanol–water partition coefficient (Wildman–Crippen LogP) is 5.02. The highest BCUT2D eigenvalue weighted by Crippen LogP contribution is 2.29. The molecular weight excluding hydrogens is 456 g/mol. The highest BCUT2D eigenvalue weighted by Gasteiger charge is 2.15. The smallest absolute Gasteiger partial charge is 0.274 e. The Morgan fingerprint density at radius 1 is 1.03 bits per heavy atom. The summed E-state index contributed by atoms with van der Waals surface area (Å²) in [5, 5.41) is 4.91. The Labute approximate surface area is 205 Å². The van der Waals surface area contributed by atoms with Gasteiger partial charge in [-0.1, -0.05) is 41.7 Å². The Bertz CT molecular complexity index is 1800. The normalized spacial score (nSPS) is 12.1. The number of fused-ring (bicyclic) bond motifs is 3. The fourth-order valence-corrected chi connectivity index (χ4v) is 5.28. The second kappa shape index (κ2) is 8.52. The number of ether oxygens (including phenoxy) is 1. The van der Waals surface area contributed by atoms with Crippen LogP contribution in [0.25, 0.3) is 39.0 Å². The number of aromatic nitrogens is 4. The van der Waals surface area contributed by atoms with E-state index in [1.54, 1.807) is 4.40 Å². The van der Waals surface area contributed by atoms with Crippen LogP contribution in [0.1, 0.15) is 18.1 Å². The first-order chi connectivity index (χ1) is 17.1. The Balaban J connectivity index is 1.55. The topological polar surface area (TPSA) is 61.4 Å². The maximum atomic E-state index is 13.4. The number of benzene rings is 3. The molecule has 3 heterocycles. The van der Waals surface area contributed by atoms with Crippen LogP contribution in [0.4, 0.5) is 0 Å². The monoisotopic (exact) mass is 478 g/mol. The molecule has 0 aliphatic carbocycles. The van der Waals surface area contributed by atoms with Crippen LogP contribution in [0.3, 0.4) is 0 Å². The Morgan fingerprint density at radius 2 is 1.83 bits per heavy atom. The molecule has 0 fully saturated rings. The van der Waals surface area contributed by atoms with Gasteiger partial charge in [-0.05, 0) is 68.0 Å². The zero-order valence-corrected chi connectivity index (χ0v) is 20.1. The molecule has 3 aromatic carbocycles. The van der Waals surface area contributed by atoms with E-state index in [2.05, 4.69) is 11.1 Å². The van der Waals surface area contributed by atoms with E-state index in [0.29, 0.717) is 16.1 Å². The molecule has 0 saturated heterocycles. The van der Waals surface area contributed by atoms with E-state index in [4.69, 9.17) is 9.84 Å². The lowest BCUT2D eigenvalue weighted by Gasteiger charge is -2.08. The first-order valence-electron chi connectivity index (χ1n) is 11.4. The quantitative estimate of drug-likeness (QED) is 0.349. The minimum absolute atomic E-state index is 0.0695. The van der Waals surface area contributed by atoms with Crippen molar-refractivity contribution in [3.63, 3.8) is 0 Å². The van der Waals surface area contributed by atoms with Gasteiger partial charge in [0.05, 0.1) is 27.9 Å². The van der Waals surface area contributed by atoms with Gasteiger partial charge in [-0.15, -0.1) is 0 Å². The second-order valence-corrected chi connectivity index (χ2v) is 9.27. The van der Waals surface area contributed by atoms with Gasteiger partial charge in [0.2, 0.25) is 0 Å². The molecule has 0 saturated carbocycles. The summed E-state index contributed by atoms with van der Waals surface area (Å²) in [5.41, 5.74) is 6.20. The molecule has 6 nitrogen and oxygen atoms in total. The molecule has 0 N–H and O–H groups in total. The fourth-order valence-electron chi connectivity index (χ4n) is 4.30. The van der Waals surface area contributed by atoms with Crippen LogP contribution in [0, 0.1) is 6.92 Å². The lowest BCUT2D eigenvalue weighted by Crippen LogP contribution is -2.22. The fraction of sp³-hybridized carbons (Fsp3) is 0.107. The molecule has 7 heteroatoms. The minimum Gasteiger partial charge on any atom is -0.494 e. The van der Waals surface area contributed by atoms with Gasteiger partial charge in [0.1, 0.15) is 11.4 Å². The van der Waals surface area contributed by atoms with Crippen molar-refractivity contribution < 1.29 is 4.74 Å². The van der Waals surface area contributed by atoms with Crippen LogP contribution >= 0.6 is 11.3 Å². The summed E-state index contributed by atoms with van der Waals surface area (Å²) in [7, 11) is 0.